The molecule has 10 heteroatoms. The van der Waals surface area contributed by atoms with Crippen molar-refractivity contribution in [1.29, 1.82) is 0 Å². The maximum atomic E-state index is 12.6. The summed E-state index contributed by atoms with van der Waals surface area (Å²) in [5, 5.41) is 3.90. The van der Waals surface area contributed by atoms with Crippen LogP contribution in [-0.2, 0) is 4.79 Å². The second-order valence-corrected chi connectivity index (χ2v) is 6.87. The number of hydrogen-bond donors (Lipinski definition) is 0. The second kappa shape index (κ2) is 6.16. The number of aromatic nitrogens is 4. The van der Waals surface area contributed by atoms with E-state index in [1.165, 1.54) is 6.21 Å². The molecule has 9 nitrogen and oxygen atoms in total. The molecule has 2 aliphatic heterocycles. The van der Waals surface area contributed by atoms with Crippen molar-refractivity contribution in [3.63, 3.8) is 0 Å². The van der Waals surface area contributed by atoms with Gasteiger partial charge in [-0.25, -0.2) is 4.99 Å². The summed E-state index contributed by atoms with van der Waals surface area (Å²) in [6.45, 7) is 0.973. The SMILES string of the molecule is O=C1N=CC=CC1c1noc(C2CN(C(=O)c3ccc4nsnc4c3)C2)n1. The van der Waals surface area contributed by atoms with Crippen molar-refractivity contribution in [2.24, 2.45) is 4.99 Å². The van der Waals surface area contributed by atoms with Crippen molar-refractivity contribution in [3.05, 3.63) is 47.6 Å². The highest BCUT2D eigenvalue weighted by molar-refractivity contribution is 7.00. The first-order valence-corrected chi connectivity index (χ1v) is 9.02. The number of hydrogen-bond acceptors (Lipinski definition) is 8. The van der Waals surface area contributed by atoms with E-state index in [2.05, 4.69) is 23.9 Å². The average Bonchev–Trinajstić information content (AvgIpc) is 3.29. The van der Waals surface area contributed by atoms with Crippen molar-refractivity contribution in [1.82, 2.24) is 23.8 Å². The van der Waals surface area contributed by atoms with E-state index in [0.29, 0.717) is 30.4 Å². The lowest BCUT2D eigenvalue weighted by Gasteiger charge is -2.37. The molecule has 0 saturated carbocycles. The third kappa shape index (κ3) is 2.74. The van der Waals surface area contributed by atoms with E-state index < -0.39 is 5.92 Å². The van der Waals surface area contributed by atoms with Gasteiger partial charge in [-0.05, 0) is 24.3 Å². The van der Waals surface area contributed by atoms with Gasteiger partial charge in [0.25, 0.3) is 11.8 Å². The number of allylic oxidation sites excluding steroid dienone is 1. The highest BCUT2D eigenvalue weighted by Gasteiger charge is 2.37. The number of likely N-dealkylation sites (tertiary alicyclic amines) is 1. The predicted molar refractivity (Wildman–Crippen MR) is 95.7 cm³/mol. The van der Waals surface area contributed by atoms with Crippen molar-refractivity contribution < 1.29 is 14.1 Å². The minimum atomic E-state index is -0.608. The van der Waals surface area contributed by atoms with Crippen LogP contribution in [0.1, 0.15) is 33.9 Å². The summed E-state index contributed by atoms with van der Waals surface area (Å²) in [5.74, 6) is -0.295. The first kappa shape index (κ1) is 15.9. The van der Waals surface area contributed by atoms with Crippen LogP contribution in [-0.4, -0.2) is 54.9 Å². The van der Waals surface area contributed by atoms with Gasteiger partial charge < -0.3 is 9.42 Å². The van der Waals surface area contributed by atoms with Gasteiger partial charge in [-0.1, -0.05) is 11.2 Å². The molecule has 1 fully saturated rings. The molecule has 27 heavy (non-hydrogen) atoms. The molecule has 0 N–H and O–H groups in total. The Morgan fingerprint density at radius 1 is 1.22 bits per heavy atom. The Kier molecular flexibility index (Phi) is 3.64. The van der Waals surface area contributed by atoms with Crippen LogP contribution in [0.3, 0.4) is 0 Å². The fraction of sp³-hybridized carbons (Fsp3) is 0.235. The molecule has 0 bridgehead atoms. The molecule has 134 valence electrons. The van der Waals surface area contributed by atoms with Crippen LogP contribution in [0, 0.1) is 0 Å². The van der Waals surface area contributed by atoms with Gasteiger partial charge in [0.1, 0.15) is 17.0 Å². The van der Waals surface area contributed by atoms with Gasteiger partial charge in [-0.3, -0.25) is 9.59 Å². The highest BCUT2D eigenvalue weighted by Crippen LogP contribution is 2.29. The second-order valence-electron chi connectivity index (χ2n) is 6.34. The molecule has 0 radical (unpaired) electrons. The van der Waals surface area contributed by atoms with Crippen LogP contribution in [0.25, 0.3) is 11.0 Å². The Morgan fingerprint density at radius 3 is 2.93 bits per heavy atom. The summed E-state index contributed by atoms with van der Waals surface area (Å²) < 4.78 is 13.6. The summed E-state index contributed by atoms with van der Waals surface area (Å²) in [4.78, 5) is 34.2. The third-order valence-electron chi connectivity index (χ3n) is 4.61. The Hall–Kier alpha value is -3.27. The molecule has 0 spiro atoms. The smallest absolute Gasteiger partial charge is 0.260 e. The molecule has 4 heterocycles. The number of nitrogens with zero attached hydrogens (tertiary/aromatic N) is 6. The molecule has 2 aromatic heterocycles. The summed E-state index contributed by atoms with van der Waals surface area (Å²) in [5.41, 5.74) is 2.08. The van der Waals surface area contributed by atoms with E-state index in [1.807, 2.05) is 0 Å². The lowest BCUT2D eigenvalue weighted by molar-refractivity contribution is -0.118. The van der Waals surface area contributed by atoms with Crippen molar-refractivity contribution in [3.8, 4) is 0 Å². The van der Waals surface area contributed by atoms with E-state index in [0.717, 1.165) is 22.8 Å². The van der Waals surface area contributed by atoms with Gasteiger partial charge in [0.05, 0.1) is 17.6 Å². The van der Waals surface area contributed by atoms with Crippen molar-refractivity contribution in [2.45, 2.75) is 11.8 Å². The number of fused-ring (bicyclic) bond motifs is 1. The summed E-state index contributed by atoms with van der Waals surface area (Å²) in [6, 6.07) is 5.30. The lowest BCUT2D eigenvalue weighted by atomic mass is 9.98. The number of carbonyl (C=O) groups excluding carboxylic acids is 2. The molecule has 1 unspecified atom stereocenters. The zero-order valence-electron chi connectivity index (χ0n) is 13.8. The molecule has 1 aromatic carbocycles. The lowest BCUT2D eigenvalue weighted by Crippen LogP contribution is -2.48. The van der Waals surface area contributed by atoms with Gasteiger partial charge in [0.2, 0.25) is 5.89 Å². The number of dihydropyridines is 1. The fourth-order valence-corrected chi connectivity index (χ4v) is 3.59. The van der Waals surface area contributed by atoms with E-state index in [9.17, 15) is 9.59 Å². The largest absolute Gasteiger partial charge is 0.339 e. The Morgan fingerprint density at radius 2 is 2.07 bits per heavy atom. The number of amides is 2. The molecule has 5 rings (SSSR count). The van der Waals surface area contributed by atoms with Gasteiger partial charge in [0, 0.05) is 24.9 Å². The molecule has 1 saturated heterocycles. The molecule has 0 aliphatic carbocycles. The Labute approximate surface area is 156 Å². The third-order valence-corrected chi connectivity index (χ3v) is 5.17. The molecule has 2 aliphatic rings. The topological polar surface area (TPSA) is 114 Å². The minimum absolute atomic E-state index is 0.0361. The number of carbonyl (C=O) groups is 2. The maximum absolute atomic E-state index is 12.6. The number of benzene rings is 1. The van der Waals surface area contributed by atoms with Crippen LogP contribution >= 0.6 is 11.7 Å². The van der Waals surface area contributed by atoms with Crippen molar-refractivity contribution in [2.75, 3.05) is 13.1 Å². The normalized spacial score (nSPS) is 19.6. The van der Waals surface area contributed by atoms with Crippen LogP contribution in [0.4, 0.5) is 0 Å². The van der Waals surface area contributed by atoms with Gasteiger partial charge in [0.15, 0.2) is 5.82 Å². The molecule has 2 amide bonds. The summed E-state index contributed by atoms with van der Waals surface area (Å²) in [6.07, 6.45) is 4.80. The Bertz CT molecular complexity index is 1110. The molecule has 1 atom stereocenters. The fourth-order valence-electron chi connectivity index (χ4n) is 3.07. The van der Waals surface area contributed by atoms with Crippen LogP contribution in [0.5, 0.6) is 0 Å². The monoisotopic (exact) mass is 380 g/mol. The van der Waals surface area contributed by atoms with Gasteiger partial charge in [-0.15, -0.1) is 0 Å². The molecular weight excluding hydrogens is 368 g/mol. The van der Waals surface area contributed by atoms with Crippen LogP contribution in [0.15, 0.2) is 39.9 Å². The number of aliphatic imine (C=N–C) groups is 1. The maximum Gasteiger partial charge on any atom is 0.260 e. The molecule has 3 aromatic rings. The van der Waals surface area contributed by atoms with E-state index >= 15 is 0 Å². The van der Waals surface area contributed by atoms with Gasteiger partial charge in [-0.2, -0.15) is 13.7 Å². The quantitative estimate of drug-likeness (QED) is 0.677. The number of rotatable bonds is 3. The summed E-state index contributed by atoms with van der Waals surface area (Å²) in [7, 11) is 0. The molecular formula is C17H12N6O3S. The average molecular weight is 380 g/mol. The van der Waals surface area contributed by atoms with E-state index in [-0.39, 0.29) is 17.7 Å². The van der Waals surface area contributed by atoms with Crippen LogP contribution < -0.4 is 0 Å². The predicted octanol–water partition coefficient (Wildman–Crippen LogP) is 1.56. The zero-order chi connectivity index (χ0) is 18.4. The summed E-state index contributed by atoms with van der Waals surface area (Å²) >= 11 is 1.12. The van der Waals surface area contributed by atoms with Crippen LogP contribution in [0.2, 0.25) is 0 Å². The minimum Gasteiger partial charge on any atom is -0.339 e. The van der Waals surface area contributed by atoms with Crippen molar-refractivity contribution >= 4 is 40.8 Å². The standard InChI is InChI=1S/C17H12N6O3S/c24-15-11(2-1-5-18-15)14-19-16(26-20-14)10-7-23(8-10)17(25)9-3-4-12-13(6-9)22-27-21-12/h1-6,10-11H,7-8H2. The first-order valence-electron chi connectivity index (χ1n) is 8.29. The Balaban J connectivity index is 1.26. The van der Waals surface area contributed by atoms with Gasteiger partial charge >= 0.3 is 0 Å². The van der Waals surface area contributed by atoms with E-state index in [1.54, 1.807) is 35.3 Å². The highest BCUT2D eigenvalue weighted by atomic mass is 32.1. The first-order chi connectivity index (χ1) is 13.2. The van der Waals surface area contributed by atoms with E-state index in [4.69, 9.17) is 4.52 Å². The zero-order valence-corrected chi connectivity index (χ0v) is 14.7.